The van der Waals surface area contributed by atoms with Gasteiger partial charge in [0.15, 0.2) is 5.12 Å². The molecule has 8 nitrogen and oxygen atoms in total. The zero-order valence-corrected chi connectivity index (χ0v) is 14.5. The summed E-state index contributed by atoms with van der Waals surface area (Å²) < 4.78 is 9.89. The molecule has 132 valence electrons. The van der Waals surface area contributed by atoms with E-state index in [4.69, 9.17) is 14.6 Å². The molecule has 0 unspecified atom stereocenters. The van der Waals surface area contributed by atoms with E-state index in [-0.39, 0.29) is 30.3 Å². The van der Waals surface area contributed by atoms with Crippen LogP contribution in [0, 0.1) is 0 Å². The topological polar surface area (TPSA) is 119 Å². The molecular weight excluding hydrogens is 326 g/mol. The SMILES string of the molecule is CCOC(=O)[C@@H](CSC(=O)CCC(=O)O)NC(=O)OC(C)(C)C. The molecule has 0 aliphatic heterocycles. The Labute approximate surface area is 139 Å². The molecule has 0 radical (unpaired) electrons. The summed E-state index contributed by atoms with van der Waals surface area (Å²) in [6.45, 7) is 6.78. The molecule has 0 heterocycles. The first kappa shape index (κ1) is 21.2. The second-order valence-electron chi connectivity index (χ2n) is 5.53. The molecule has 0 saturated heterocycles. The van der Waals surface area contributed by atoms with Gasteiger partial charge in [-0.25, -0.2) is 9.59 Å². The zero-order chi connectivity index (χ0) is 18.0. The normalized spacial score (nSPS) is 12.2. The summed E-state index contributed by atoms with van der Waals surface area (Å²) in [5.74, 6) is -1.82. The average Bonchev–Trinajstić information content (AvgIpc) is 2.39. The lowest BCUT2D eigenvalue weighted by Gasteiger charge is -2.22. The van der Waals surface area contributed by atoms with Gasteiger partial charge < -0.3 is 19.9 Å². The molecule has 0 fully saturated rings. The molecule has 0 spiro atoms. The third kappa shape index (κ3) is 11.5. The van der Waals surface area contributed by atoms with Crippen LogP contribution in [-0.4, -0.2) is 52.3 Å². The number of amides is 1. The van der Waals surface area contributed by atoms with Gasteiger partial charge in [-0.1, -0.05) is 11.8 Å². The van der Waals surface area contributed by atoms with Crippen molar-refractivity contribution in [1.29, 1.82) is 0 Å². The fourth-order valence-corrected chi connectivity index (χ4v) is 2.14. The Morgan fingerprint density at radius 3 is 2.26 bits per heavy atom. The molecule has 1 atom stereocenters. The zero-order valence-electron chi connectivity index (χ0n) is 13.7. The molecule has 0 aromatic heterocycles. The second-order valence-corrected chi connectivity index (χ2v) is 6.60. The van der Waals surface area contributed by atoms with Crippen molar-refractivity contribution >= 4 is 34.9 Å². The van der Waals surface area contributed by atoms with Crippen molar-refractivity contribution < 1.29 is 33.8 Å². The number of thioether (sulfide) groups is 1. The van der Waals surface area contributed by atoms with Crippen LogP contribution in [0.5, 0.6) is 0 Å². The minimum absolute atomic E-state index is 0.0590. The van der Waals surface area contributed by atoms with Gasteiger partial charge >= 0.3 is 18.0 Å². The minimum atomic E-state index is -1.08. The first-order chi connectivity index (χ1) is 10.5. The second kappa shape index (κ2) is 10.1. The standard InChI is InChI=1S/C14H23NO7S/c1-5-21-12(19)9(15-13(20)22-14(2,3)4)8-23-11(18)7-6-10(16)17/h9H,5-8H2,1-4H3,(H,15,20)(H,16,17)/t9-/m1/s1. The number of alkyl carbamates (subject to hydrolysis) is 1. The van der Waals surface area contributed by atoms with Crippen molar-refractivity contribution in [2.75, 3.05) is 12.4 Å². The molecule has 0 aliphatic rings. The van der Waals surface area contributed by atoms with E-state index in [1.54, 1.807) is 27.7 Å². The summed E-state index contributed by atoms with van der Waals surface area (Å²) in [7, 11) is 0. The van der Waals surface area contributed by atoms with Crippen molar-refractivity contribution in [2.45, 2.75) is 52.2 Å². The van der Waals surface area contributed by atoms with E-state index >= 15 is 0 Å². The molecular formula is C14H23NO7S. The number of rotatable bonds is 8. The van der Waals surface area contributed by atoms with Crippen LogP contribution in [0.3, 0.4) is 0 Å². The van der Waals surface area contributed by atoms with Crippen molar-refractivity contribution in [1.82, 2.24) is 5.32 Å². The number of ether oxygens (including phenoxy) is 2. The largest absolute Gasteiger partial charge is 0.481 e. The van der Waals surface area contributed by atoms with Crippen molar-refractivity contribution in [2.24, 2.45) is 0 Å². The molecule has 0 aliphatic carbocycles. The number of hydrogen-bond acceptors (Lipinski definition) is 7. The molecule has 0 bridgehead atoms. The first-order valence-corrected chi connectivity index (χ1v) is 8.07. The highest BCUT2D eigenvalue weighted by molar-refractivity contribution is 8.13. The van der Waals surface area contributed by atoms with Crippen LogP contribution in [0.1, 0.15) is 40.5 Å². The Morgan fingerprint density at radius 2 is 1.78 bits per heavy atom. The van der Waals surface area contributed by atoms with Crippen LogP contribution in [0.2, 0.25) is 0 Å². The van der Waals surface area contributed by atoms with Crippen LogP contribution in [0.4, 0.5) is 4.79 Å². The van der Waals surface area contributed by atoms with E-state index in [0.717, 1.165) is 11.8 Å². The van der Waals surface area contributed by atoms with Crippen LogP contribution in [0.25, 0.3) is 0 Å². The van der Waals surface area contributed by atoms with E-state index in [1.807, 2.05) is 0 Å². The highest BCUT2D eigenvalue weighted by Gasteiger charge is 2.26. The Bertz CT molecular complexity index is 445. The van der Waals surface area contributed by atoms with Gasteiger partial charge in [-0.2, -0.15) is 0 Å². The molecule has 23 heavy (non-hydrogen) atoms. The van der Waals surface area contributed by atoms with E-state index in [0.29, 0.717) is 0 Å². The Kier molecular flexibility index (Phi) is 9.31. The van der Waals surface area contributed by atoms with Crippen molar-refractivity contribution in [3.63, 3.8) is 0 Å². The summed E-state index contributed by atoms with van der Waals surface area (Å²) in [6.07, 6.45) is -1.23. The third-order valence-corrected chi connectivity index (χ3v) is 3.24. The number of esters is 1. The lowest BCUT2D eigenvalue weighted by molar-refractivity contribution is -0.145. The smallest absolute Gasteiger partial charge is 0.408 e. The van der Waals surface area contributed by atoms with Gasteiger partial charge in [-0.15, -0.1) is 0 Å². The molecule has 9 heteroatoms. The van der Waals surface area contributed by atoms with E-state index in [1.165, 1.54) is 0 Å². The Hall–Kier alpha value is -1.77. The van der Waals surface area contributed by atoms with Gasteiger partial charge in [0.05, 0.1) is 13.0 Å². The van der Waals surface area contributed by atoms with Crippen molar-refractivity contribution in [3.05, 3.63) is 0 Å². The quantitative estimate of drug-likeness (QED) is 0.634. The summed E-state index contributed by atoms with van der Waals surface area (Å²) >= 11 is 0.767. The fourth-order valence-electron chi connectivity index (χ4n) is 1.32. The highest BCUT2D eigenvalue weighted by atomic mass is 32.2. The van der Waals surface area contributed by atoms with Gasteiger partial charge in [-0.3, -0.25) is 9.59 Å². The lowest BCUT2D eigenvalue weighted by atomic mass is 10.2. The predicted molar refractivity (Wildman–Crippen MR) is 84.1 cm³/mol. The third-order valence-electron chi connectivity index (χ3n) is 2.22. The maximum Gasteiger partial charge on any atom is 0.408 e. The van der Waals surface area contributed by atoms with Gasteiger partial charge in [0, 0.05) is 12.2 Å². The summed E-state index contributed by atoms with van der Waals surface area (Å²) in [5, 5.41) is 10.5. The Balaban J connectivity index is 4.57. The van der Waals surface area contributed by atoms with Gasteiger partial charge in [-0.05, 0) is 27.7 Å². The summed E-state index contributed by atoms with van der Waals surface area (Å²) in [5.41, 5.74) is -0.728. The van der Waals surface area contributed by atoms with Crippen molar-refractivity contribution in [3.8, 4) is 0 Å². The maximum atomic E-state index is 11.8. The lowest BCUT2D eigenvalue weighted by Crippen LogP contribution is -2.46. The van der Waals surface area contributed by atoms with Gasteiger partial charge in [0.1, 0.15) is 11.6 Å². The number of carbonyl (C=O) groups excluding carboxylic acids is 3. The van der Waals surface area contributed by atoms with Crippen LogP contribution in [0.15, 0.2) is 0 Å². The molecule has 0 aromatic rings. The summed E-state index contributed by atoms with van der Waals surface area (Å²) in [6, 6.07) is -1.05. The molecule has 2 N–H and O–H groups in total. The fraction of sp³-hybridized carbons (Fsp3) is 0.714. The number of carboxylic acids is 1. The van der Waals surface area contributed by atoms with E-state index < -0.39 is 29.7 Å². The monoisotopic (exact) mass is 349 g/mol. The van der Waals surface area contributed by atoms with Crippen LogP contribution < -0.4 is 5.32 Å². The Morgan fingerprint density at radius 1 is 1.17 bits per heavy atom. The molecule has 0 aromatic carbocycles. The number of carbonyl (C=O) groups is 4. The molecule has 0 rings (SSSR count). The first-order valence-electron chi connectivity index (χ1n) is 7.08. The van der Waals surface area contributed by atoms with Crippen LogP contribution >= 0.6 is 11.8 Å². The number of nitrogens with one attached hydrogen (secondary N) is 1. The highest BCUT2D eigenvalue weighted by Crippen LogP contribution is 2.12. The van der Waals surface area contributed by atoms with E-state index in [9.17, 15) is 19.2 Å². The predicted octanol–water partition coefficient (Wildman–Crippen LogP) is 1.57. The van der Waals surface area contributed by atoms with Gasteiger partial charge in [0.25, 0.3) is 0 Å². The number of carboxylic acid groups (broad SMARTS) is 1. The molecule has 0 saturated carbocycles. The molecule has 1 amide bonds. The average molecular weight is 349 g/mol. The summed E-state index contributed by atoms with van der Waals surface area (Å²) in [4.78, 5) is 45.5. The number of hydrogen-bond donors (Lipinski definition) is 2. The van der Waals surface area contributed by atoms with Crippen LogP contribution in [-0.2, 0) is 23.9 Å². The maximum absolute atomic E-state index is 11.8. The number of aliphatic carboxylic acids is 1. The minimum Gasteiger partial charge on any atom is -0.481 e. The van der Waals surface area contributed by atoms with Gasteiger partial charge in [0.2, 0.25) is 0 Å². The van der Waals surface area contributed by atoms with E-state index in [2.05, 4.69) is 5.32 Å².